The van der Waals surface area contributed by atoms with Crippen LogP contribution in [0.1, 0.15) is 67.0 Å². The zero-order valence-corrected chi connectivity index (χ0v) is 32.4. The fourth-order valence-corrected chi connectivity index (χ4v) is 29.0. The van der Waals surface area contributed by atoms with Crippen molar-refractivity contribution in [3.8, 4) is 22.3 Å². The summed E-state index contributed by atoms with van der Waals surface area (Å²) in [6.45, 7) is 16.5. The maximum atomic E-state index is 2.77. The largest absolute Gasteiger partial charge is 0.147 e. The fraction of sp³-hybridized carbons (Fsp3) is 0.282. The van der Waals surface area contributed by atoms with E-state index < -0.39 is 17.4 Å². The Balaban J connectivity index is 0.00000212. The van der Waals surface area contributed by atoms with Crippen LogP contribution in [0.15, 0.2) is 90.0 Å². The van der Waals surface area contributed by atoms with E-state index in [2.05, 4.69) is 149 Å². The predicted octanol–water partition coefficient (Wildman–Crippen LogP) is 11.4. The average molecular weight is 705 g/mol. The third-order valence-electron chi connectivity index (χ3n) is 10.0. The number of hydrogen-bond donors (Lipinski definition) is 0. The quantitative estimate of drug-likeness (QED) is 0.181. The third kappa shape index (κ3) is 5.56. The molecule has 0 aromatic heterocycles. The Kier molecular flexibility index (Phi) is 9.54. The Bertz CT molecular complexity index is 1840. The molecule has 0 bridgehead atoms. The Morgan fingerprint density at radius 2 is 1.33 bits per heavy atom. The summed E-state index contributed by atoms with van der Waals surface area (Å²) in [7, 11) is 0. The van der Waals surface area contributed by atoms with Gasteiger partial charge in [-0.2, -0.15) is 0 Å². The van der Waals surface area contributed by atoms with Gasteiger partial charge in [0.25, 0.3) is 0 Å². The van der Waals surface area contributed by atoms with Gasteiger partial charge in [-0.3, -0.25) is 0 Å². The molecule has 4 aromatic rings. The van der Waals surface area contributed by atoms with E-state index in [0.29, 0.717) is 13.2 Å². The van der Waals surface area contributed by atoms with Gasteiger partial charge in [0.2, 0.25) is 0 Å². The van der Waals surface area contributed by atoms with E-state index in [1.54, 1.807) is 22.3 Å². The Morgan fingerprint density at radius 1 is 0.651 bits per heavy atom. The monoisotopic (exact) mass is 702 g/mol. The number of halogens is 2. The minimum Gasteiger partial charge on any atom is -0.147 e. The van der Waals surface area contributed by atoms with Crippen LogP contribution in [0.5, 0.6) is 0 Å². The van der Waals surface area contributed by atoms with Crippen LogP contribution in [0.25, 0.3) is 34.4 Å². The molecule has 0 N–H and O–H groups in total. The van der Waals surface area contributed by atoms with Gasteiger partial charge in [0, 0.05) is 0 Å². The molecule has 224 valence electrons. The van der Waals surface area contributed by atoms with Gasteiger partial charge >= 0.3 is 252 Å². The summed E-state index contributed by atoms with van der Waals surface area (Å²) < 4.78 is 6.59. The topological polar surface area (TPSA) is 0 Å². The minimum absolute atomic E-state index is 0. The number of rotatable bonds is 5. The molecule has 2 aliphatic carbocycles. The molecule has 0 radical (unpaired) electrons. The molecule has 43 heavy (non-hydrogen) atoms. The van der Waals surface area contributed by atoms with E-state index in [1.807, 2.05) is 0 Å². The Hall–Kier alpha value is -1.96. The maximum absolute atomic E-state index is 3.65. The molecule has 4 aromatic carbocycles. The Morgan fingerprint density at radius 3 is 1.98 bits per heavy atom. The summed E-state index contributed by atoms with van der Waals surface area (Å²) >= 11 is -3.65. The van der Waals surface area contributed by atoms with Crippen molar-refractivity contribution < 1.29 is 17.4 Å². The van der Waals surface area contributed by atoms with Crippen LogP contribution in [0.2, 0.25) is 9.26 Å². The van der Waals surface area contributed by atoms with Crippen molar-refractivity contribution in [2.24, 2.45) is 5.92 Å². The molecule has 2 atom stereocenters. The number of allylic oxidation sites excluding steroid dienone is 2. The first kappa shape index (κ1) is 33.9. The van der Waals surface area contributed by atoms with Gasteiger partial charge in [-0.1, -0.05) is 0 Å². The van der Waals surface area contributed by atoms with Crippen LogP contribution < -0.4 is 0 Å². The number of fused-ring (bicyclic) bond motifs is 2. The minimum atomic E-state index is -3.65. The molecule has 0 nitrogen and oxygen atoms in total. The van der Waals surface area contributed by atoms with Crippen molar-refractivity contribution in [2.45, 2.75) is 58.1 Å². The van der Waals surface area contributed by atoms with Gasteiger partial charge in [-0.15, -0.1) is 24.8 Å². The molecular formula is C39H46Cl2SiZr. The first-order valence-electron chi connectivity index (χ1n) is 15.2. The second kappa shape index (κ2) is 12.1. The van der Waals surface area contributed by atoms with Gasteiger partial charge in [-0.05, 0) is 0 Å². The molecule has 0 saturated carbocycles. The molecule has 0 spiro atoms. The van der Waals surface area contributed by atoms with Crippen molar-refractivity contribution in [3.63, 3.8) is 0 Å². The van der Waals surface area contributed by atoms with Gasteiger partial charge in [0.15, 0.2) is 0 Å². The van der Waals surface area contributed by atoms with Crippen molar-refractivity contribution >= 4 is 43.8 Å². The van der Waals surface area contributed by atoms with Crippen LogP contribution in [-0.2, 0) is 17.4 Å². The first-order valence-corrected chi connectivity index (χ1v) is 28.9. The molecule has 0 fully saturated rings. The molecule has 6 rings (SSSR count). The van der Waals surface area contributed by atoms with Gasteiger partial charge in [-0.25, -0.2) is 0 Å². The van der Waals surface area contributed by atoms with Crippen LogP contribution in [0.3, 0.4) is 0 Å². The molecular weight excluding hydrogens is 659 g/mol. The van der Waals surface area contributed by atoms with Gasteiger partial charge in [0.05, 0.1) is 0 Å². The van der Waals surface area contributed by atoms with E-state index in [9.17, 15) is 0 Å². The van der Waals surface area contributed by atoms with Crippen molar-refractivity contribution in [2.75, 3.05) is 0 Å². The van der Waals surface area contributed by atoms with Crippen molar-refractivity contribution in [1.29, 1.82) is 0 Å². The summed E-state index contributed by atoms with van der Waals surface area (Å²) in [6.07, 6.45) is 5.15. The number of benzene rings is 4. The van der Waals surface area contributed by atoms with Gasteiger partial charge < -0.3 is 0 Å². The van der Waals surface area contributed by atoms with E-state index >= 15 is 0 Å². The third-order valence-corrected chi connectivity index (χ3v) is 27.6. The molecule has 2 unspecified atom stereocenters. The molecule has 0 heterocycles. The molecule has 2 aliphatic rings. The first-order chi connectivity index (χ1) is 19.4. The summed E-state index contributed by atoms with van der Waals surface area (Å²) in [5.41, 5.74) is 19.0. The van der Waals surface area contributed by atoms with Crippen molar-refractivity contribution in [3.05, 3.63) is 129 Å². The van der Waals surface area contributed by atoms with Crippen LogP contribution in [0.4, 0.5) is 0 Å². The van der Waals surface area contributed by atoms with Crippen LogP contribution in [-0.4, -0.2) is 6.88 Å². The molecule has 0 amide bonds. The SMILES string of the molecule is CC1=Cc2c(-c3ccccc3)ccc(C)c2[CH]1[Zr]([CH3])([CH3])(=[SiH2])[CH]1C(C(C)C)=Cc2c(-c3ccc(C)cc3C)cccc21.Cl.Cl. The second-order valence-electron chi connectivity index (χ2n) is 14.2. The van der Waals surface area contributed by atoms with E-state index in [0.717, 1.165) is 0 Å². The average Bonchev–Trinajstić information content (AvgIpc) is 3.50. The second-order valence-corrected chi connectivity index (χ2v) is 44.7. The summed E-state index contributed by atoms with van der Waals surface area (Å²) in [5.74, 6) is 0.513. The molecule has 0 aliphatic heterocycles. The maximum Gasteiger partial charge on any atom is -0.147 e. The summed E-state index contributed by atoms with van der Waals surface area (Å²) in [6, 6.07) is 29.8. The zero-order valence-electron chi connectivity index (χ0n) is 26.9. The summed E-state index contributed by atoms with van der Waals surface area (Å²) in [5, 5.41) is 0. The smallest absolute Gasteiger partial charge is 0.147 e. The van der Waals surface area contributed by atoms with Crippen LogP contribution in [0, 0.1) is 26.7 Å². The van der Waals surface area contributed by atoms with Crippen LogP contribution >= 0.6 is 24.8 Å². The number of aryl methyl sites for hydroxylation is 3. The normalized spacial score (nSPS) is 17.4. The van der Waals surface area contributed by atoms with Crippen molar-refractivity contribution in [1.82, 2.24) is 0 Å². The molecule has 4 heteroatoms. The Labute approximate surface area is 274 Å². The predicted molar refractivity (Wildman–Crippen MR) is 195 cm³/mol. The molecule has 0 saturated heterocycles. The zero-order chi connectivity index (χ0) is 29.3. The summed E-state index contributed by atoms with van der Waals surface area (Å²) in [4.78, 5) is 0. The standard InChI is InChI=1S/C20H21.C17H15.2CH3.2ClH.H2Si.Zr/c1-13(2)17-11-16-6-5-7-19(20(16)12-17)18-9-8-14(3)10-15(18)4;1-12-10-16-13(2)8-9-15(17(16)11-12)14-6-4-3-5-7-14;;;;;;/h5-13H,1-4H3;3-11H,1-2H3;2*1H3;2*1H;1H2;. The van der Waals surface area contributed by atoms with E-state index in [1.165, 1.54) is 50.1 Å². The van der Waals surface area contributed by atoms with E-state index in [4.69, 9.17) is 0 Å². The van der Waals surface area contributed by atoms with Gasteiger partial charge in [0.1, 0.15) is 0 Å². The fourth-order valence-electron chi connectivity index (χ4n) is 8.41. The number of hydrogen-bond acceptors (Lipinski definition) is 0. The van der Waals surface area contributed by atoms with E-state index in [-0.39, 0.29) is 24.8 Å².